The summed E-state index contributed by atoms with van der Waals surface area (Å²) < 4.78 is 43.7. The van der Waals surface area contributed by atoms with E-state index in [4.69, 9.17) is 4.74 Å². The molecule has 0 aliphatic heterocycles. The summed E-state index contributed by atoms with van der Waals surface area (Å²) in [7, 11) is -3.25. The van der Waals surface area contributed by atoms with E-state index in [0.717, 1.165) is 24.5 Å². The molecule has 0 atom stereocenters. The number of nitro groups is 1. The number of ether oxygens (including phenoxy) is 1. The second-order valence-electron chi connectivity index (χ2n) is 5.35. The first-order valence-electron chi connectivity index (χ1n) is 6.82. The lowest BCUT2D eigenvalue weighted by Gasteiger charge is -2.28. The fourth-order valence-corrected chi connectivity index (χ4v) is 3.36. The summed E-state index contributed by atoms with van der Waals surface area (Å²) in [6.07, 6.45) is 3.04. The lowest BCUT2D eigenvalue weighted by atomic mass is 9.93. The third kappa shape index (κ3) is 4.63. The third-order valence-electron chi connectivity index (χ3n) is 3.47. The maximum Gasteiger partial charge on any atom is 0.311 e. The summed E-state index contributed by atoms with van der Waals surface area (Å²) >= 11 is 0. The molecule has 0 bridgehead atoms. The summed E-state index contributed by atoms with van der Waals surface area (Å²) in [5.74, 6) is -0.697. The van der Waals surface area contributed by atoms with E-state index < -0.39 is 20.8 Å². The molecule has 22 heavy (non-hydrogen) atoms. The molecule has 7 nitrogen and oxygen atoms in total. The fraction of sp³-hybridized carbons (Fsp3) is 0.538. The molecule has 1 aromatic rings. The van der Waals surface area contributed by atoms with E-state index >= 15 is 0 Å². The van der Waals surface area contributed by atoms with Crippen LogP contribution in [0.5, 0.6) is 5.75 Å². The molecule has 1 N–H and O–H groups in total. The molecule has 1 aliphatic rings. The van der Waals surface area contributed by atoms with Crippen LogP contribution in [-0.2, 0) is 10.0 Å². The SMILES string of the molecule is CS(=O)(=O)N[C@H]1CC[C@H](Oc2cc(F)ccc2[N+](=O)[O-])CC1. The molecule has 0 amide bonds. The number of nitro benzene ring substituents is 1. The van der Waals surface area contributed by atoms with Gasteiger partial charge in [-0.2, -0.15) is 0 Å². The second kappa shape index (κ2) is 6.57. The van der Waals surface area contributed by atoms with Gasteiger partial charge in [-0.3, -0.25) is 10.1 Å². The van der Waals surface area contributed by atoms with E-state index in [1.165, 1.54) is 0 Å². The van der Waals surface area contributed by atoms with Crippen molar-refractivity contribution in [2.45, 2.75) is 37.8 Å². The average Bonchev–Trinajstić information content (AvgIpc) is 2.39. The highest BCUT2D eigenvalue weighted by molar-refractivity contribution is 7.88. The Labute approximate surface area is 127 Å². The van der Waals surface area contributed by atoms with Crippen LogP contribution in [0.2, 0.25) is 0 Å². The van der Waals surface area contributed by atoms with Crippen LogP contribution in [0.15, 0.2) is 18.2 Å². The van der Waals surface area contributed by atoms with Gasteiger partial charge in [-0.15, -0.1) is 0 Å². The third-order valence-corrected chi connectivity index (χ3v) is 4.23. The Morgan fingerprint density at radius 1 is 1.32 bits per heavy atom. The van der Waals surface area contributed by atoms with E-state index in [1.807, 2.05) is 0 Å². The number of benzene rings is 1. The molecule has 0 unspecified atom stereocenters. The number of halogens is 1. The maximum atomic E-state index is 13.2. The number of nitrogens with one attached hydrogen (secondary N) is 1. The zero-order valence-corrected chi connectivity index (χ0v) is 12.8. The number of rotatable bonds is 5. The topological polar surface area (TPSA) is 98.5 Å². The van der Waals surface area contributed by atoms with Gasteiger partial charge in [0.25, 0.3) is 0 Å². The molecule has 1 fully saturated rings. The van der Waals surface area contributed by atoms with Gasteiger partial charge < -0.3 is 4.74 Å². The van der Waals surface area contributed by atoms with Gasteiger partial charge in [-0.05, 0) is 31.7 Å². The van der Waals surface area contributed by atoms with Gasteiger partial charge in [0, 0.05) is 18.2 Å². The first-order chi connectivity index (χ1) is 10.2. The minimum atomic E-state index is -3.25. The summed E-state index contributed by atoms with van der Waals surface area (Å²) in [5, 5.41) is 10.9. The van der Waals surface area contributed by atoms with Gasteiger partial charge >= 0.3 is 5.69 Å². The zero-order valence-electron chi connectivity index (χ0n) is 12.0. The van der Waals surface area contributed by atoms with Crippen LogP contribution >= 0.6 is 0 Å². The van der Waals surface area contributed by atoms with Crippen molar-refractivity contribution >= 4 is 15.7 Å². The largest absolute Gasteiger partial charge is 0.483 e. The highest BCUT2D eigenvalue weighted by Gasteiger charge is 2.26. The summed E-state index contributed by atoms with van der Waals surface area (Å²) in [6.45, 7) is 0. The monoisotopic (exact) mass is 332 g/mol. The van der Waals surface area contributed by atoms with E-state index in [2.05, 4.69) is 4.72 Å². The zero-order chi connectivity index (χ0) is 16.3. The van der Waals surface area contributed by atoms with Crippen molar-refractivity contribution in [3.05, 3.63) is 34.1 Å². The molecule has 2 rings (SSSR count). The van der Waals surface area contributed by atoms with Gasteiger partial charge in [0.2, 0.25) is 10.0 Å². The Morgan fingerprint density at radius 2 is 1.95 bits per heavy atom. The van der Waals surface area contributed by atoms with Gasteiger partial charge in [0.15, 0.2) is 5.75 Å². The molecule has 1 saturated carbocycles. The molecular weight excluding hydrogens is 315 g/mol. The van der Waals surface area contributed by atoms with Crippen LogP contribution in [-0.4, -0.2) is 31.7 Å². The molecule has 0 radical (unpaired) electrons. The molecule has 0 heterocycles. The minimum absolute atomic E-state index is 0.0930. The van der Waals surface area contributed by atoms with E-state index in [1.54, 1.807) is 0 Å². The number of hydrogen-bond acceptors (Lipinski definition) is 5. The van der Waals surface area contributed by atoms with Crippen molar-refractivity contribution in [2.24, 2.45) is 0 Å². The van der Waals surface area contributed by atoms with Crippen molar-refractivity contribution in [1.82, 2.24) is 4.72 Å². The average molecular weight is 332 g/mol. The van der Waals surface area contributed by atoms with Crippen LogP contribution in [0.4, 0.5) is 10.1 Å². The molecule has 122 valence electrons. The second-order valence-corrected chi connectivity index (χ2v) is 7.13. The van der Waals surface area contributed by atoms with Crippen LogP contribution in [0.25, 0.3) is 0 Å². The van der Waals surface area contributed by atoms with Crippen molar-refractivity contribution in [3.8, 4) is 5.75 Å². The van der Waals surface area contributed by atoms with Crippen molar-refractivity contribution in [2.75, 3.05) is 6.26 Å². The number of sulfonamides is 1. The molecule has 1 aliphatic carbocycles. The predicted molar refractivity (Wildman–Crippen MR) is 77.7 cm³/mol. The first-order valence-corrected chi connectivity index (χ1v) is 8.71. The quantitative estimate of drug-likeness (QED) is 0.656. The molecule has 1 aromatic carbocycles. The van der Waals surface area contributed by atoms with Crippen LogP contribution in [0.1, 0.15) is 25.7 Å². The molecule has 0 spiro atoms. The first kappa shape index (κ1) is 16.6. The van der Waals surface area contributed by atoms with Gasteiger partial charge in [-0.25, -0.2) is 17.5 Å². The smallest absolute Gasteiger partial charge is 0.311 e. The van der Waals surface area contributed by atoms with Gasteiger partial charge in [0.1, 0.15) is 5.82 Å². The summed E-state index contributed by atoms with van der Waals surface area (Å²) in [4.78, 5) is 10.3. The van der Waals surface area contributed by atoms with E-state index in [-0.39, 0.29) is 23.6 Å². The standard InChI is InChI=1S/C13H17FN2O5S/c1-22(19,20)15-10-3-5-11(6-4-10)21-13-8-9(14)2-7-12(13)16(17)18/h2,7-8,10-11,15H,3-6H2,1H3/t10-,11-. The lowest BCUT2D eigenvalue weighted by Crippen LogP contribution is -2.39. The Morgan fingerprint density at radius 3 is 2.50 bits per heavy atom. The van der Waals surface area contributed by atoms with Gasteiger partial charge in [-0.1, -0.05) is 0 Å². The normalized spacial score (nSPS) is 22.3. The maximum absolute atomic E-state index is 13.2. The van der Waals surface area contributed by atoms with Crippen molar-refractivity contribution in [3.63, 3.8) is 0 Å². The number of hydrogen-bond donors (Lipinski definition) is 1. The lowest BCUT2D eigenvalue weighted by molar-refractivity contribution is -0.386. The van der Waals surface area contributed by atoms with E-state index in [9.17, 15) is 22.9 Å². The highest BCUT2D eigenvalue weighted by atomic mass is 32.2. The Bertz CT molecular complexity index is 656. The van der Waals surface area contributed by atoms with Crippen molar-refractivity contribution in [1.29, 1.82) is 0 Å². The van der Waals surface area contributed by atoms with Crippen molar-refractivity contribution < 1.29 is 22.5 Å². The summed E-state index contributed by atoms with van der Waals surface area (Å²) in [5.41, 5.74) is -0.280. The Balaban J connectivity index is 1.99. The molecule has 0 aromatic heterocycles. The fourth-order valence-electron chi connectivity index (χ4n) is 2.51. The molecule has 0 saturated heterocycles. The summed E-state index contributed by atoms with van der Waals surface area (Å²) in [6, 6.07) is 2.93. The molecule has 9 heteroatoms. The van der Waals surface area contributed by atoms with Gasteiger partial charge in [0.05, 0.1) is 17.3 Å². The predicted octanol–water partition coefficient (Wildman–Crippen LogP) is 1.97. The Hall–Kier alpha value is -1.74. The van der Waals surface area contributed by atoms with E-state index in [0.29, 0.717) is 25.7 Å². The minimum Gasteiger partial charge on any atom is -0.483 e. The van der Waals surface area contributed by atoms with Crippen LogP contribution < -0.4 is 9.46 Å². The highest BCUT2D eigenvalue weighted by Crippen LogP contribution is 2.31. The number of nitrogens with zero attached hydrogens (tertiary/aromatic N) is 1. The van der Waals surface area contributed by atoms with Crippen LogP contribution in [0, 0.1) is 15.9 Å². The van der Waals surface area contributed by atoms with Crippen LogP contribution in [0.3, 0.4) is 0 Å². The Kier molecular flexibility index (Phi) is 4.97. The molecular formula is C13H17FN2O5S.